The number of rotatable bonds is 1. The van der Waals surface area contributed by atoms with Crippen molar-refractivity contribution in [2.24, 2.45) is 0 Å². The molecule has 0 bridgehead atoms. The molecule has 1 saturated heterocycles. The summed E-state index contributed by atoms with van der Waals surface area (Å²) < 4.78 is 38.9. The van der Waals surface area contributed by atoms with E-state index in [9.17, 15) is 12.8 Å². The Hall–Kier alpha value is -1.83. The predicted molar refractivity (Wildman–Crippen MR) is 69.8 cm³/mol. The van der Waals surface area contributed by atoms with Gasteiger partial charge in [-0.15, -0.1) is 0 Å². The molecule has 0 aliphatic carbocycles. The van der Waals surface area contributed by atoms with Gasteiger partial charge in [-0.1, -0.05) is 6.58 Å². The molecule has 6 nitrogen and oxygen atoms in total. The van der Waals surface area contributed by atoms with Crippen LogP contribution in [0.4, 0.5) is 10.2 Å². The highest BCUT2D eigenvalue weighted by atomic mass is 32.2. The molecule has 2 heterocycles. The first-order valence-electron chi connectivity index (χ1n) is 5.52. The van der Waals surface area contributed by atoms with Crippen molar-refractivity contribution in [1.82, 2.24) is 14.6 Å². The molecular weight excluding hydrogens is 271 g/mol. The highest BCUT2D eigenvalue weighted by Gasteiger charge is 2.43. The largest absolute Gasteiger partial charge is 0.384 e. The Morgan fingerprint density at radius 1 is 1.58 bits per heavy atom. The number of nitrogens with zero attached hydrogens (tertiary/aromatic N) is 2. The average molecular weight is 286 g/mol. The zero-order chi connectivity index (χ0) is 14.4. The van der Waals surface area contributed by atoms with Crippen LogP contribution in [-0.4, -0.2) is 30.5 Å². The number of sulfonamides is 1. The molecule has 1 atom stereocenters. The van der Waals surface area contributed by atoms with Gasteiger partial charge in [-0.25, -0.2) is 17.8 Å². The molecular formula is C11H15FN4O2S. The quantitative estimate of drug-likeness (QED) is 0.778. The topological polar surface area (TPSA) is 88.3 Å². The lowest BCUT2D eigenvalue weighted by atomic mass is 9.98. The number of nitrogens with one attached hydrogen (secondary N) is 1. The van der Waals surface area contributed by atoms with Crippen LogP contribution in [0.15, 0.2) is 24.5 Å². The zero-order valence-corrected chi connectivity index (χ0v) is 11.5. The highest BCUT2D eigenvalue weighted by molar-refractivity contribution is 7.89. The fourth-order valence-electron chi connectivity index (χ4n) is 2.03. The van der Waals surface area contributed by atoms with E-state index in [2.05, 4.69) is 16.9 Å². The summed E-state index contributed by atoms with van der Waals surface area (Å²) in [6.45, 7) is 5.17. The van der Waals surface area contributed by atoms with Crippen LogP contribution in [0.2, 0.25) is 0 Å². The SMILES string of the molecule is C=C1N[C@](C)(c2nc(N)ccc2F)CS(=O)(=O)N1C. The fraction of sp³-hybridized carbons (Fsp3) is 0.364. The van der Waals surface area contributed by atoms with Crippen molar-refractivity contribution in [2.75, 3.05) is 18.5 Å². The lowest BCUT2D eigenvalue weighted by Crippen LogP contribution is -2.56. The van der Waals surface area contributed by atoms with Gasteiger partial charge in [0, 0.05) is 7.05 Å². The van der Waals surface area contributed by atoms with Crippen LogP contribution in [-0.2, 0) is 15.6 Å². The number of halogens is 1. The number of pyridine rings is 1. The van der Waals surface area contributed by atoms with E-state index in [1.165, 1.54) is 13.1 Å². The number of nitrogens with two attached hydrogens (primary N) is 1. The summed E-state index contributed by atoms with van der Waals surface area (Å²) in [5.41, 5.74) is 4.29. The van der Waals surface area contributed by atoms with Crippen LogP contribution in [0.5, 0.6) is 0 Å². The molecule has 1 aromatic heterocycles. The second-order valence-corrected chi connectivity index (χ2v) is 6.69. The van der Waals surface area contributed by atoms with E-state index in [1.807, 2.05) is 0 Å². The van der Waals surface area contributed by atoms with Crippen molar-refractivity contribution in [3.63, 3.8) is 0 Å². The Balaban J connectivity index is 2.55. The summed E-state index contributed by atoms with van der Waals surface area (Å²) in [6, 6.07) is 2.48. The van der Waals surface area contributed by atoms with Crippen LogP contribution in [0, 0.1) is 5.82 Å². The summed E-state index contributed by atoms with van der Waals surface area (Å²) in [7, 11) is -2.19. The maximum Gasteiger partial charge on any atom is 0.238 e. The Labute approximate surface area is 111 Å². The van der Waals surface area contributed by atoms with E-state index in [0.717, 1.165) is 10.4 Å². The van der Waals surface area contributed by atoms with Gasteiger partial charge in [-0.05, 0) is 19.1 Å². The zero-order valence-electron chi connectivity index (χ0n) is 10.6. The monoisotopic (exact) mass is 286 g/mol. The maximum absolute atomic E-state index is 13.9. The van der Waals surface area contributed by atoms with Crippen LogP contribution in [0.1, 0.15) is 12.6 Å². The van der Waals surface area contributed by atoms with Gasteiger partial charge in [-0.3, -0.25) is 4.31 Å². The molecule has 1 fully saturated rings. The minimum atomic E-state index is -3.57. The minimum Gasteiger partial charge on any atom is -0.384 e. The minimum absolute atomic E-state index is 0.0367. The molecule has 1 aliphatic rings. The van der Waals surface area contributed by atoms with Crippen molar-refractivity contribution < 1.29 is 12.8 Å². The van der Waals surface area contributed by atoms with E-state index >= 15 is 0 Å². The van der Waals surface area contributed by atoms with E-state index in [4.69, 9.17) is 5.73 Å². The molecule has 0 saturated carbocycles. The molecule has 0 amide bonds. The van der Waals surface area contributed by atoms with Gasteiger partial charge in [0.1, 0.15) is 23.1 Å². The maximum atomic E-state index is 13.9. The molecule has 104 valence electrons. The van der Waals surface area contributed by atoms with Gasteiger partial charge in [0.05, 0.1) is 11.3 Å². The van der Waals surface area contributed by atoms with Crippen molar-refractivity contribution in [2.45, 2.75) is 12.5 Å². The molecule has 0 radical (unpaired) electrons. The summed E-state index contributed by atoms with van der Waals surface area (Å²) >= 11 is 0. The van der Waals surface area contributed by atoms with Gasteiger partial charge in [0.2, 0.25) is 10.0 Å². The van der Waals surface area contributed by atoms with E-state index in [0.29, 0.717) is 0 Å². The molecule has 19 heavy (non-hydrogen) atoms. The summed E-state index contributed by atoms with van der Waals surface area (Å²) in [5.74, 6) is -0.654. The Bertz CT molecular complexity index is 646. The fourth-order valence-corrected chi connectivity index (χ4v) is 3.55. The van der Waals surface area contributed by atoms with Crippen molar-refractivity contribution in [3.05, 3.63) is 36.0 Å². The van der Waals surface area contributed by atoms with Crippen LogP contribution in [0.25, 0.3) is 0 Å². The van der Waals surface area contributed by atoms with Gasteiger partial charge < -0.3 is 11.1 Å². The van der Waals surface area contributed by atoms with E-state index < -0.39 is 21.4 Å². The van der Waals surface area contributed by atoms with E-state index in [1.54, 1.807) is 6.92 Å². The van der Waals surface area contributed by atoms with Gasteiger partial charge >= 0.3 is 0 Å². The third-order valence-electron chi connectivity index (χ3n) is 3.08. The third-order valence-corrected chi connectivity index (χ3v) is 5.08. The number of hydrogen-bond donors (Lipinski definition) is 2. The molecule has 0 aromatic carbocycles. The standard InChI is InChI=1S/C11H15FN4O2S/c1-7-15-11(2,6-19(17,18)16(7)3)10-8(12)4-5-9(13)14-10/h4-5,15H,1,6H2,2-3H3,(H2,13,14)/t11-/m0/s1. The molecule has 1 aromatic rings. The van der Waals surface area contributed by atoms with Crippen LogP contribution in [0.3, 0.4) is 0 Å². The van der Waals surface area contributed by atoms with Gasteiger partial charge in [0.15, 0.2) is 0 Å². The number of hydrogen-bond acceptors (Lipinski definition) is 5. The summed E-state index contributed by atoms with van der Waals surface area (Å²) in [5, 5.41) is 2.88. The molecule has 8 heteroatoms. The van der Waals surface area contributed by atoms with E-state index in [-0.39, 0.29) is 23.1 Å². The second-order valence-electron chi connectivity index (χ2n) is 4.69. The first-order chi connectivity index (χ1) is 8.66. The summed E-state index contributed by atoms with van der Waals surface area (Å²) in [4.78, 5) is 3.91. The highest BCUT2D eigenvalue weighted by Crippen LogP contribution is 2.31. The smallest absolute Gasteiger partial charge is 0.238 e. The Morgan fingerprint density at radius 2 is 2.21 bits per heavy atom. The van der Waals surface area contributed by atoms with Crippen LogP contribution < -0.4 is 11.1 Å². The Kier molecular flexibility index (Phi) is 2.93. The number of nitrogen functional groups attached to an aromatic ring is 1. The Morgan fingerprint density at radius 3 is 2.79 bits per heavy atom. The first-order valence-corrected chi connectivity index (χ1v) is 7.13. The van der Waals surface area contributed by atoms with Crippen molar-refractivity contribution in [3.8, 4) is 0 Å². The first kappa shape index (κ1) is 13.6. The molecule has 1 aliphatic heterocycles. The average Bonchev–Trinajstić information content (AvgIpc) is 2.28. The van der Waals surface area contributed by atoms with Crippen molar-refractivity contribution in [1.29, 1.82) is 0 Å². The van der Waals surface area contributed by atoms with Gasteiger partial charge in [-0.2, -0.15) is 0 Å². The molecule has 3 N–H and O–H groups in total. The third kappa shape index (κ3) is 2.23. The number of anilines is 1. The van der Waals surface area contributed by atoms with Gasteiger partial charge in [0.25, 0.3) is 0 Å². The molecule has 0 unspecified atom stereocenters. The second kappa shape index (κ2) is 4.09. The lowest BCUT2D eigenvalue weighted by Gasteiger charge is -2.40. The molecule has 0 spiro atoms. The number of aromatic nitrogens is 1. The normalized spacial score (nSPS) is 26.1. The van der Waals surface area contributed by atoms with Crippen molar-refractivity contribution >= 4 is 15.8 Å². The summed E-state index contributed by atoms with van der Waals surface area (Å²) in [6.07, 6.45) is 0. The molecule has 2 rings (SSSR count). The predicted octanol–water partition coefficient (Wildman–Crippen LogP) is 0.354. The van der Waals surface area contributed by atoms with Crippen LogP contribution >= 0.6 is 0 Å². The lowest BCUT2D eigenvalue weighted by molar-refractivity contribution is 0.339.